The Morgan fingerprint density at radius 2 is 1.72 bits per heavy atom. The van der Waals surface area contributed by atoms with Gasteiger partial charge in [-0.3, -0.25) is 19.3 Å². The first-order chi connectivity index (χ1) is 26.3. The normalized spacial score (nSPS) is 42.3. The molecule has 0 aromatic heterocycles. The van der Waals surface area contributed by atoms with E-state index in [-0.39, 0.29) is 66.5 Å². The van der Waals surface area contributed by atoms with E-state index in [0.29, 0.717) is 43.6 Å². The maximum atomic E-state index is 16.8. The molecule has 3 aliphatic carbocycles. The Bertz CT molecular complexity index is 1430. The summed E-state index contributed by atoms with van der Waals surface area (Å²) >= 11 is 0. The van der Waals surface area contributed by atoms with E-state index in [2.05, 4.69) is 42.6 Å². The number of rotatable bonds is 11. The van der Waals surface area contributed by atoms with E-state index in [0.717, 1.165) is 64.8 Å². The van der Waals surface area contributed by atoms with Crippen molar-refractivity contribution in [3.63, 3.8) is 0 Å². The Morgan fingerprint density at radius 1 is 0.870 bits per heavy atom. The topological polar surface area (TPSA) is 119 Å². The lowest BCUT2D eigenvalue weighted by Crippen LogP contribution is -2.73. The van der Waals surface area contributed by atoms with Gasteiger partial charge in [0.1, 0.15) is 6.17 Å². The number of carbonyl (C=O) groups is 3. The molecular weight excluding hydrogens is 689 g/mol. The third-order valence-corrected chi connectivity index (χ3v) is 15.2. The first kappa shape index (κ1) is 37.4. The van der Waals surface area contributed by atoms with Crippen LogP contribution in [0.4, 0.5) is 4.39 Å². The Balaban J connectivity index is 0.899. The monoisotopic (exact) mass is 753 g/mol. The number of halogens is 1. The van der Waals surface area contributed by atoms with Crippen LogP contribution < -0.4 is 16.0 Å². The van der Waals surface area contributed by atoms with Crippen molar-refractivity contribution in [1.29, 1.82) is 0 Å². The molecule has 12 nitrogen and oxygen atoms in total. The fourth-order valence-electron chi connectivity index (χ4n) is 12.5. The van der Waals surface area contributed by atoms with Gasteiger partial charge in [0.05, 0.1) is 54.7 Å². The van der Waals surface area contributed by atoms with Crippen LogP contribution in [-0.4, -0.2) is 164 Å². The number of ketones is 1. The van der Waals surface area contributed by atoms with Crippen LogP contribution >= 0.6 is 0 Å². The van der Waals surface area contributed by atoms with Gasteiger partial charge in [-0.2, -0.15) is 0 Å². The summed E-state index contributed by atoms with van der Waals surface area (Å²) in [6.45, 7) is 6.83. The first-order valence-electron chi connectivity index (χ1n) is 21.8. The highest BCUT2D eigenvalue weighted by atomic mass is 19.1. The molecule has 13 heteroatoms. The van der Waals surface area contributed by atoms with Crippen molar-refractivity contribution in [3.05, 3.63) is 11.8 Å². The molecule has 0 aromatic carbocycles. The van der Waals surface area contributed by atoms with Crippen molar-refractivity contribution in [2.75, 3.05) is 66.0 Å². The molecule has 6 heterocycles. The number of nitrogens with zero attached hydrogens (tertiary/aromatic N) is 4. The summed E-state index contributed by atoms with van der Waals surface area (Å²) in [6.07, 6.45) is 13.5. The minimum absolute atomic E-state index is 0.0177. The zero-order valence-corrected chi connectivity index (χ0v) is 32.3. The van der Waals surface area contributed by atoms with Crippen molar-refractivity contribution in [2.24, 2.45) is 17.8 Å². The fraction of sp³-hybridized carbons (Fsp3) is 0.878. The summed E-state index contributed by atoms with van der Waals surface area (Å²) in [5, 5.41) is 9.59. The highest BCUT2D eigenvalue weighted by molar-refractivity contribution is 6.20. The van der Waals surface area contributed by atoms with E-state index in [1.165, 1.54) is 44.9 Å². The summed E-state index contributed by atoms with van der Waals surface area (Å²) in [6, 6.07) is -0.353. The van der Waals surface area contributed by atoms with Gasteiger partial charge in [-0.05, 0) is 116 Å². The third-order valence-electron chi connectivity index (χ3n) is 15.2. The molecule has 3 N–H and O–H groups in total. The van der Waals surface area contributed by atoms with Crippen LogP contribution in [0.25, 0.3) is 0 Å². The van der Waals surface area contributed by atoms with Crippen LogP contribution in [0.3, 0.4) is 0 Å². The van der Waals surface area contributed by atoms with E-state index in [1.54, 1.807) is 0 Å². The molecule has 54 heavy (non-hydrogen) atoms. The molecule has 0 bridgehead atoms. The number of carbonyl (C=O) groups excluding carboxylic acids is 3. The number of hydrogen-bond donors (Lipinski definition) is 3. The molecule has 9 aliphatic rings. The summed E-state index contributed by atoms with van der Waals surface area (Å²) in [7, 11) is 2.18. The molecule has 3 saturated carbocycles. The lowest BCUT2D eigenvalue weighted by atomic mass is 9.67. The second-order valence-electron chi connectivity index (χ2n) is 18.3. The molecule has 0 spiro atoms. The average molecular weight is 754 g/mol. The van der Waals surface area contributed by atoms with Gasteiger partial charge >= 0.3 is 0 Å². The van der Waals surface area contributed by atoms with Gasteiger partial charge in [0.25, 0.3) is 5.91 Å². The number of likely N-dealkylation sites (tertiary alicyclic amines) is 3. The number of nitrogens with one attached hydrogen (secondary N) is 3. The first-order valence-corrected chi connectivity index (χ1v) is 21.8. The maximum Gasteiger partial charge on any atom is 0.256 e. The van der Waals surface area contributed by atoms with Crippen LogP contribution in [0, 0.1) is 17.8 Å². The minimum Gasteiger partial charge on any atom is -0.374 e. The van der Waals surface area contributed by atoms with E-state index in [4.69, 9.17) is 9.47 Å². The van der Waals surface area contributed by atoms with Crippen LogP contribution in [0.1, 0.15) is 83.5 Å². The van der Waals surface area contributed by atoms with E-state index in [1.807, 2.05) is 6.20 Å². The predicted octanol–water partition coefficient (Wildman–Crippen LogP) is 1.83. The predicted molar refractivity (Wildman–Crippen MR) is 201 cm³/mol. The van der Waals surface area contributed by atoms with Gasteiger partial charge in [-0.1, -0.05) is 12.8 Å². The van der Waals surface area contributed by atoms with E-state index in [9.17, 15) is 14.4 Å². The summed E-state index contributed by atoms with van der Waals surface area (Å²) in [5.74, 6) is -0.286. The Kier molecular flexibility index (Phi) is 11.1. The number of Topliss-reactive ketones (excluding diaryl/α,β-unsaturated/α-hetero) is 1. The molecule has 0 aromatic rings. The zero-order chi connectivity index (χ0) is 36.9. The second kappa shape index (κ2) is 16.0. The van der Waals surface area contributed by atoms with Gasteiger partial charge in [-0.15, -0.1) is 0 Å². The number of fused-ring (bicyclic) bond motifs is 5. The average Bonchev–Trinajstić information content (AvgIpc) is 3.99. The number of ether oxygens (including phenoxy) is 2. The molecule has 300 valence electrons. The Morgan fingerprint density at radius 3 is 2.56 bits per heavy atom. The van der Waals surface area contributed by atoms with Gasteiger partial charge in [-0.25, -0.2) is 4.39 Å². The minimum atomic E-state index is -1.28. The van der Waals surface area contributed by atoms with Gasteiger partial charge in [0.15, 0.2) is 5.78 Å². The summed E-state index contributed by atoms with van der Waals surface area (Å²) < 4.78 is 30.7. The van der Waals surface area contributed by atoms with Gasteiger partial charge < -0.3 is 40.1 Å². The Labute approximate surface area is 320 Å². The molecule has 9 rings (SSSR count). The molecule has 0 radical (unpaired) electrons. The highest BCUT2D eigenvalue weighted by Gasteiger charge is 2.62. The molecule has 5 saturated heterocycles. The number of hydrogen-bond acceptors (Lipinski definition) is 10. The van der Waals surface area contributed by atoms with Crippen LogP contribution in [0.2, 0.25) is 0 Å². The van der Waals surface area contributed by atoms with Gasteiger partial charge in [0.2, 0.25) is 5.91 Å². The second-order valence-corrected chi connectivity index (χ2v) is 18.3. The SMILES string of the molecule is CN1CCCC1CCNCC(=O)N[C@@H]1CCN(C2C(F)CC3C(=O)C(C(=O)NCCN4CCCC4)=CN4C5CC6OC7CCCCC7C6CC5OC2C34)C1. The van der Waals surface area contributed by atoms with Crippen molar-refractivity contribution in [3.8, 4) is 0 Å². The summed E-state index contributed by atoms with van der Waals surface area (Å²) in [5.41, 5.74) is 0.165. The fourth-order valence-corrected chi connectivity index (χ4v) is 12.5. The smallest absolute Gasteiger partial charge is 0.256 e. The van der Waals surface area contributed by atoms with Crippen molar-refractivity contribution < 1.29 is 28.2 Å². The van der Waals surface area contributed by atoms with Crippen LogP contribution in [-0.2, 0) is 23.9 Å². The number of morpholine rings is 1. The molecular formula is C41H64FN7O5. The van der Waals surface area contributed by atoms with Crippen molar-refractivity contribution in [1.82, 2.24) is 35.6 Å². The summed E-state index contributed by atoms with van der Waals surface area (Å²) in [4.78, 5) is 50.1. The van der Waals surface area contributed by atoms with Gasteiger partial charge in [0, 0.05) is 50.4 Å². The molecule has 12 unspecified atom stereocenters. The van der Waals surface area contributed by atoms with Crippen LogP contribution in [0.5, 0.6) is 0 Å². The van der Waals surface area contributed by atoms with E-state index >= 15 is 4.39 Å². The van der Waals surface area contributed by atoms with Crippen molar-refractivity contribution >= 4 is 17.6 Å². The molecule has 13 atom stereocenters. The van der Waals surface area contributed by atoms with Crippen molar-refractivity contribution in [2.45, 2.75) is 144 Å². The lowest BCUT2D eigenvalue weighted by molar-refractivity contribution is -0.220. The standard InChI is InChI=1S/C41H64FN7O5/c1-46-14-6-7-26(46)10-12-43-22-36(50)45-25-11-17-48(23-25)38-31(42)19-29-37-40(38)54-35-20-28-27-8-2-3-9-33(27)53-34(28)21-32(35)49(37)24-30(39(29)51)41(52)44-13-18-47-15-4-5-16-47/h24-29,31-35,37-38,40,43H,2-23H2,1H3,(H,44,52)(H,45,50)/t25-,26?,27?,28?,29?,31?,32?,33?,34?,35?,37?,38?,40?/m1/s1. The van der Waals surface area contributed by atoms with Crippen LogP contribution in [0.15, 0.2) is 11.8 Å². The molecule has 2 amide bonds. The largest absolute Gasteiger partial charge is 0.374 e. The molecule has 6 aliphatic heterocycles. The highest BCUT2D eigenvalue weighted by Crippen LogP contribution is 2.53. The molecule has 8 fully saturated rings. The number of alkyl halides is 1. The Hall–Kier alpha value is -2.16. The third kappa shape index (κ3) is 7.27. The lowest BCUT2D eigenvalue weighted by Gasteiger charge is -2.61. The van der Waals surface area contributed by atoms with E-state index < -0.39 is 24.2 Å². The number of amides is 2. The maximum absolute atomic E-state index is 16.8. The zero-order valence-electron chi connectivity index (χ0n) is 32.3. The quantitative estimate of drug-likeness (QED) is 0.213.